The molecule has 1 heterocycles. The average molecular weight is 883 g/mol. The molecule has 53 heavy (non-hydrogen) atoms. The summed E-state index contributed by atoms with van der Waals surface area (Å²) in [6.07, 6.45) is 7.89. The molecule has 0 aliphatic heterocycles. The number of hydrogen-bond donors (Lipinski definition) is 1. The SMILES string of the molecule is CC(C)(C)Cc1c2ccccc2[c-]c2c3nccc4c5ccc(C(C)(C)C)cc5c5cccc(c12)c5c43.CCC(CC)C(=O)/C=C(\O)C(CC)CC.[Ir]. The van der Waals surface area contributed by atoms with Gasteiger partial charge >= 0.3 is 0 Å². The zero-order valence-corrected chi connectivity index (χ0v) is 35.7. The maximum absolute atomic E-state index is 11.7. The second-order valence-corrected chi connectivity index (χ2v) is 17.0. The van der Waals surface area contributed by atoms with Crippen LogP contribution in [0, 0.1) is 23.3 Å². The number of rotatable bonds is 8. The third-order valence-corrected chi connectivity index (χ3v) is 11.1. The molecule has 4 heteroatoms. The first-order valence-electron chi connectivity index (χ1n) is 19.4. The molecule has 0 amide bonds. The summed E-state index contributed by atoms with van der Waals surface area (Å²) < 4.78 is 0. The second kappa shape index (κ2) is 15.9. The number of nitrogens with zero attached hydrogens (tertiary/aromatic N) is 1. The number of ketones is 1. The van der Waals surface area contributed by atoms with Gasteiger partial charge in [-0.1, -0.05) is 139 Å². The fraction of sp³-hybridized carbons (Fsp3) is 0.388. The van der Waals surface area contributed by atoms with Crippen LogP contribution >= 0.6 is 0 Å². The minimum Gasteiger partial charge on any atom is -0.512 e. The molecule has 3 nitrogen and oxygen atoms in total. The first-order chi connectivity index (χ1) is 24.7. The Balaban J connectivity index is 0.000000290. The first kappa shape index (κ1) is 40.3. The summed E-state index contributed by atoms with van der Waals surface area (Å²) >= 11 is 0. The van der Waals surface area contributed by atoms with Crippen LogP contribution in [0.1, 0.15) is 106 Å². The van der Waals surface area contributed by atoms with E-state index in [4.69, 9.17) is 4.98 Å². The van der Waals surface area contributed by atoms with Crippen LogP contribution in [-0.4, -0.2) is 15.9 Å². The third kappa shape index (κ3) is 7.73. The summed E-state index contributed by atoms with van der Waals surface area (Å²) in [6.45, 7) is 22.0. The number of hydrogen-bond acceptors (Lipinski definition) is 3. The molecule has 0 saturated carbocycles. The molecule has 0 fully saturated rings. The summed E-state index contributed by atoms with van der Waals surface area (Å²) in [5.74, 6) is 0.547. The topological polar surface area (TPSA) is 50.2 Å². The van der Waals surface area contributed by atoms with E-state index in [9.17, 15) is 9.90 Å². The van der Waals surface area contributed by atoms with Crippen LogP contribution in [0.25, 0.3) is 64.8 Å². The number of fused-ring (bicyclic) bond motifs is 7. The zero-order valence-electron chi connectivity index (χ0n) is 33.3. The Morgan fingerprint density at radius 2 is 1.34 bits per heavy atom. The predicted octanol–water partition coefficient (Wildman–Crippen LogP) is 14.0. The summed E-state index contributed by atoms with van der Waals surface area (Å²) in [7, 11) is 0. The van der Waals surface area contributed by atoms with Gasteiger partial charge in [-0.3, -0.25) is 9.78 Å². The Kier molecular flexibility index (Phi) is 12.1. The third-order valence-electron chi connectivity index (χ3n) is 11.1. The maximum Gasteiger partial charge on any atom is 0.162 e. The van der Waals surface area contributed by atoms with Crippen molar-refractivity contribution in [3.63, 3.8) is 0 Å². The summed E-state index contributed by atoms with van der Waals surface area (Å²) in [5, 5.41) is 23.9. The van der Waals surface area contributed by atoms with Gasteiger partial charge < -0.3 is 5.11 Å². The van der Waals surface area contributed by atoms with Crippen LogP contribution in [0.3, 0.4) is 0 Å². The van der Waals surface area contributed by atoms with Crippen molar-refractivity contribution in [2.24, 2.45) is 17.3 Å². The van der Waals surface area contributed by atoms with Crippen molar-refractivity contribution in [3.8, 4) is 0 Å². The van der Waals surface area contributed by atoms with Gasteiger partial charge in [0.25, 0.3) is 0 Å². The Morgan fingerprint density at radius 1 is 0.717 bits per heavy atom. The van der Waals surface area contributed by atoms with Gasteiger partial charge in [0, 0.05) is 49.7 Å². The molecule has 1 N–H and O–H groups in total. The number of aliphatic hydroxyl groups excluding tert-OH is 1. The van der Waals surface area contributed by atoms with Gasteiger partial charge in [0.1, 0.15) is 0 Å². The number of allylic oxidation sites excluding steroid dienone is 2. The van der Waals surface area contributed by atoms with Gasteiger partial charge in [-0.2, -0.15) is 0 Å². The van der Waals surface area contributed by atoms with Crippen LogP contribution in [0.2, 0.25) is 0 Å². The van der Waals surface area contributed by atoms with Crippen molar-refractivity contribution in [2.45, 2.75) is 107 Å². The van der Waals surface area contributed by atoms with Gasteiger partial charge in [0.05, 0.1) is 5.76 Å². The minimum absolute atomic E-state index is 0. The number of benzene rings is 6. The van der Waals surface area contributed by atoms with Crippen LogP contribution in [-0.2, 0) is 36.7 Å². The van der Waals surface area contributed by atoms with Crippen molar-refractivity contribution < 1.29 is 30.0 Å². The fourth-order valence-electron chi connectivity index (χ4n) is 8.16. The van der Waals surface area contributed by atoms with Gasteiger partial charge in [0.2, 0.25) is 0 Å². The molecule has 6 aromatic carbocycles. The van der Waals surface area contributed by atoms with E-state index in [0.29, 0.717) is 0 Å². The fourth-order valence-corrected chi connectivity index (χ4v) is 8.16. The van der Waals surface area contributed by atoms with E-state index in [-0.39, 0.29) is 54.3 Å². The molecular weight excluding hydrogens is 827 g/mol. The Labute approximate surface area is 329 Å². The first-order valence-corrected chi connectivity index (χ1v) is 19.4. The summed E-state index contributed by atoms with van der Waals surface area (Å²) in [6, 6.07) is 28.7. The molecule has 0 bridgehead atoms. The number of pyridine rings is 1. The van der Waals surface area contributed by atoms with Crippen LogP contribution in [0.5, 0.6) is 0 Å². The molecule has 7 aromatic rings. The van der Waals surface area contributed by atoms with E-state index in [0.717, 1.165) is 43.0 Å². The molecule has 0 unspecified atom stereocenters. The van der Waals surface area contributed by atoms with Crippen LogP contribution < -0.4 is 0 Å². The smallest absolute Gasteiger partial charge is 0.162 e. The maximum atomic E-state index is 11.7. The molecule has 0 spiro atoms. The zero-order chi connectivity index (χ0) is 37.5. The average Bonchev–Trinajstić information content (AvgIpc) is 3.11. The Hall–Kier alpha value is -3.85. The van der Waals surface area contributed by atoms with Crippen LogP contribution in [0.15, 0.2) is 84.8 Å². The van der Waals surface area contributed by atoms with Crippen LogP contribution in [0.4, 0.5) is 0 Å². The quantitative estimate of drug-likeness (QED) is 0.0544. The van der Waals surface area contributed by atoms with Crippen molar-refractivity contribution in [2.75, 3.05) is 0 Å². The molecule has 1 aromatic heterocycles. The molecule has 279 valence electrons. The number of carbonyl (C=O) groups is 1. The molecule has 0 atom stereocenters. The van der Waals surface area contributed by atoms with Gasteiger partial charge in [-0.05, 0) is 98.3 Å². The number of carbonyl (C=O) groups excluding carboxylic acids is 1. The van der Waals surface area contributed by atoms with E-state index in [2.05, 4.69) is 114 Å². The largest absolute Gasteiger partial charge is 0.512 e. The molecule has 7 rings (SSSR count). The number of aliphatic hydroxyl groups is 1. The molecular formula is C49H56IrNO2-. The Morgan fingerprint density at radius 3 is 1.98 bits per heavy atom. The number of aromatic nitrogens is 1. The predicted molar refractivity (Wildman–Crippen MR) is 225 cm³/mol. The van der Waals surface area contributed by atoms with Crippen molar-refractivity contribution in [3.05, 3.63) is 102 Å². The van der Waals surface area contributed by atoms with Gasteiger partial charge in [-0.25, -0.2) is 0 Å². The van der Waals surface area contributed by atoms with Gasteiger partial charge in [0.15, 0.2) is 5.78 Å². The molecule has 0 saturated heterocycles. The van der Waals surface area contributed by atoms with Gasteiger partial charge in [-0.15, -0.1) is 17.5 Å². The summed E-state index contributed by atoms with van der Waals surface area (Å²) in [4.78, 5) is 16.8. The normalized spacial score (nSPS) is 12.8. The molecule has 0 aliphatic carbocycles. The second-order valence-electron chi connectivity index (χ2n) is 17.0. The molecule has 0 aliphatic rings. The van der Waals surface area contributed by atoms with E-state index in [1.165, 1.54) is 71.1 Å². The summed E-state index contributed by atoms with van der Waals surface area (Å²) in [5.41, 5.74) is 4.09. The molecule has 1 radical (unpaired) electrons. The monoisotopic (exact) mass is 883 g/mol. The minimum atomic E-state index is 0. The van der Waals surface area contributed by atoms with Crippen molar-refractivity contribution in [1.82, 2.24) is 4.98 Å². The van der Waals surface area contributed by atoms with Crippen molar-refractivity contribution >= 4 is 70.5 Å². The van der Waals surface area contributed by atoms with Crippen molar-refractivity contribution in [1.29, 1.82) is 0 Å². The van der Waals surface area contributed by atoms with E-state index in [1.54, 1.807) is 0 Å². The Bertz CT molecular complexity index is 2440. The van der Waals surface area contributed by atoms with E-state index in [1.807, 2.05) is 33.9 Å². The van der Waals surface area contributed by atoms with E-state index < -0.39 is 0 Å². The standard InChI is InChI=1S/C36H32N.C13H24O2.Ir/c1-35(2,3)20-30-23-11-8-7-10-21(23)18-29-31(30)27-13-9-12-25-28-19-22(36(4,5)6)14-15-24(28)26-16-17-37-34(29)33(26)32(25)27;1-5-10(6-2)12(14)9-13(15)11(7-3)8-4;/h7-17,19H,20H2,1-6H3;9-11,14H,5-8H2,1-4H3;/q-1;;/b;12-9-;. The van der Waals surface area contributed by atoms with E-state index >= 15 is 0 Å².